The number of nitrogens with zero attached hydrogens (tertiary/aromatic N) is 3. The molecule has 0 bridgehead atoms. The smallest absolute Gasteiger partial charge is 0.267 e. The number of hydrogen-bond acceptors (Lipinski definition) is 6. The Balaban J connectivity index is 1.89. The maximum atomic E-state index is 13.0. The first-order valence-corrected chi connectivity index (χ1v) is 8.81. The molecule has 27 heavy (non-hydrogen) atoms. The number of nitrogens with two attached hydrogens (primary N) is 1. The van der Waals surface area contributed by atoms with E-state index in [0.717, 1.165) is 5.56 Å². The second-order valence-corrected chi connectivity index (χ2v) is 6.20. The molecule has 0 unspecified atom stereocenters. The van der Waals surface area contributed by atoms with Crippen LogP contribution in [-0.4, -0.2) is 33.7 Å². The largest absolute Gasteiger partial charge is 0.356 e. The maximum absolute atomic E-state index is 13.0. The van der Waals surface area contributed by atoms with Crippen molar-refractivity contribution in [1.29, 1.82) is 0 Å². The third-order valence-corrected chi connectivity index (χ3v) is 4.15. The Labute approximate surface area is 156 Å². The van der Waals surface area contributed by atoms with Gasteiger partial charge in [0.25, 0.3) is 11.3 Å². The second-order valence-electron chi connectivity index (χ2n) is 6.20. The summed E-state index contributed by atoms with van der Waals surface area (Å²) in [7, 11) is 0. The Morgan fingerprint density at radius 3 is 2.85 bits per heavy atom. The Morgan fingerprint density at radius 2 is 2.11 bits per heavy atom. The van der Waals surface area contributed by atoms with E-state index in [1.165, 1.54) is 4.57 Å². The molecule has 141 valence electrons. The van der Waals surface area contributed by atoms with Crippen LogP contribution < -0.4 is 16.6 Å². The number of benzene rings is 1. The van der Waals surface area contributed by atoms with Crippen molar-refractivity contribution in [3.05, 3.63) is 64.2 Å². The molecule has 2 aromatic heterocycles. The number of fused-ring (bicyclic) bond motifs is 1. The molecule has 0 atom stereocenters. The highest BCUT2D eigenvalue weighted by molar-refractivity contribution is 5.78. The minimum atomic E-state index is -0.239. The number of hydrogen-bond donors (Lipinski definition) is 2. The summed E-state index contributed by atoms with van der Waals surface area (Å²) in [6.07, 6.45) is 2.44. The molecule has 3 N–H and O–H groups in total. The van der Waals surface area contributed by atoms with E-state index in [9.17, 15) is 9.59 Å². The van der Waals surface area contributed by atoms with Gasteiger partial charge in [0.1, 0.15) is 11.2 Å². The molecule has 3 aromatic rings. The molecule has 0 spiro atoms. The first kappa shape index (κ1) is 18.8. The normalized spacial score (nSPS) is 11.0. The number of aryl methyl sites for hydroxylation is 1. The van der Waals surface area contributed by atoms with Gasteiger partial charge in [-0.15, -0.1) is 0 Å². The van der Waals surface area contributed by atoms with Crippen molar-refractivity contribution in [3.63, 3.8) is 0 Å². The van der Waals surface area contributed by atoms with Gasteiger partial charge in [0.2, 0.25) is 5.91 Å². The summed E-state index contributed by atoms with van der Waals surface area (Å²) >= 11 is 0. The Morgan fingerprint density at radius 1 is 1.33 bits per heavy atom. The van der Waals surface area contributed by atoms with Crippen molar-refractivity contribution < 1.29 is 9.32 Å². The van der Waals surface area contributed by atoms with E-state index < -0.39 is 0 Å². The summed E-state index contributed by atoms with van der Waals surface area (Å²) < 4.78 is 6.69. The van der Waals surface area contributed by atoms with Gasteiger partial charge in [0.05, 0.1) is 12.2 Å². The average Bonchev–Trinajstić information content (AvgIpc) is 3.04. The molecule has 8 heteroatoms. The minimum Gasteiger partial charge on any atom is -0.356 e. The number of carbonyl (C=O) groups excluding carboxylic acids is 1. The topological polar surface area (TPSA) is 116 Å². The Bertz CT molecular complexity index is 978. The van der Waals surface area contributed by atoms with Crippen LogP contribution in [0.4, 0.5) is 0 Å². The van der Waals surface area contributed by atoms with E-state index >= 15 is 0 Å². The minimum absolute atomic E-state index is 0.102. The van der Waals surface area contributed by atoms with Gasteiger partial charge in [-0.25, -0.2) is 0 Å². The summed E-state index contributed by atoms with van der Waals surface area (Å²) in [6, 6.07) is 9.59. The van der Waals surface area contributed by atoms with Gasteiger partial charge in [0, 0.05) is 19.4 Å². The molecule has 0 saturated heterocycles. The van der Waals surface area contributed by atoms with Crippen molar-refractivity contribution in [2.45, 2.75) is 26.3 Å². The lowest BCUT2D eigenvalue weighted by Gasteiger charge is -2.12. The summed E-state index contributed by atoms with van der Waals surface area (Å²) in [5.74, 6) is 0.222. The summed E-state index contributed by atoms with van der Waals surface area (Å²) in [6.45, 7) is 3.08. The van der Waals surface area contributed by atoms with Crippen molar-refractivity contribution in [2.75, 3.05) is 13.1 Å². The molecule has 1 radical (unpaired) electrons. The van der Waals surface area contributed by atoms with E-state index in [2.05, 4.69) is 15.5 Å². The zero-order valence-corrected chi connectivity index (χ0v) is 15.1. The number of amides is 1. The third-order valence-electron chi connectivity index (χ3n) is 4.15. The van der Waals surface area contributed by atoms with Gasteiger partial charge in [-0.3, -0.25) is 14.2 Å². The fraction of sp³-hybridized carbons (Fsp3) is 0.316. The zero-order valence-electron chi connectivity index (χ0n) is 15.1. The standard InChI is InChI=1S/C19H22N5O3/c1-13-17-18(27-23-13)22-15(8-9-16(25)21-11-5-10-20)24(19(17)26)12-14-6-3-2-4-7-14/h2-4,6-8H,5,9-12,20H2,1H3,(H,21,25). The van der Waals surface area contributed by atoms with E-state index in [-0.39, 0.29) is 23.6 Å². The van der Waals surface area contributed by atoms with E-state index in [4.69, 9.17) is 10.3 Å². The molecule has 1 aromatic carbocycles. The predicted octanol–water partition coefficient (Wildman–Crippen LogP) is 1.15. The lowest BCUT2D eigenvalue weighted by molar-refractivity contribution is -0.120. The molecule has 0 saturated carbocycles. The Kier molecular flexibility index (Phi) is 5.97. The van der Waals surface area contributed by atoms with Crippen molar-refractivity contribution in [2.24, 2.45) is 5.73 Å². The molecular formula is C19H22N5O3. The van der Waals surface area contributed by atoms with Crippen molar-refractivity contribution in [3.8, 4) is 0 Å². The fourth-order valence-corrected chi connectivity index (χ4v) is 2.74. The van der Waals surface area contributed by atoms with Crippen LogP contribution >= 0.6 is 0 Å². The molecule has 0 aliphatic carbocycles. The lowest BCUT2D eigenvalue weighted by Crippen LogP contribution is -2.28. The van der Waals surface area contributed by atoms with E-state index in [0.29, 0.717) is 43.0 Å². The van der Waals surface area contributed by atoms with Gasteiger partial charge >= 0.3 is 0 Å². The molecule has 8 nitrogen and oxygen atoms in total. The molecule has 3 rings (SSSR count). The summed E-state index contributed by atoms with van der Waals surface area (Å²) in [5, 5.41) is 6.97. The predicted molar refractivity (Wildman–Crippen MR) is 101 cm³/mol. The summed E-state index contributed by atoms with van der Waals surface area (Å²) in [5.41, 5.74) is 6.81. The van der Waals surface area contributed by atoms with Crippen molar-refractivity contribution in [1.82, 2.24) is 20.0 Å². The molecular weight excluding hydrogens is 346 g/mol. The lowest BCUT2D eigenvalue weighted by atomic mass is 10.2. The maximum Gasteiger partial charge on any atom is 0.267 e. The molecule has 0 aliphatic heterocycles. The summed E-state index contributed by atoms with van der Waals surface area (Å²) in [4.78, 5) is 29.4. The van der Waals surface area contributed by atoms with Crippen LogP contribution in [0, 0.1) is 13.3 Å². The number of rotatable bonds is 8. The number of aromatic nitrogens is 3. The molecule has 1 amide bonds. The Hall–Kier alpha value is -3.00. The van der Waals surface area contributed by atoms with Gasteiger partial charge in [-0.05, 0) is 25.5 Å². The van der Waals surface area contributed by atoms with Crippen LogP contribution in [0.25, 0.3) is 11.1 Å². The van der Waals surface area contributed by atoms with E-state index in [1.54, 1.807) is 13.3 Å². The molecule has 2 heterocycles. The first-order valence-electron chi connectivity index (χ1n) is 8.81. The zero-order chi connectivity index (χ0) is 19.2. The highest BCUT2D eigenvalue weighted by Crippen LogP contribution is 2.15. The molecule has 0 fully saturated rings. The first-order chi connectivity index (χ1) is 13.1. The van der Waals surface area contributed by atoms with Crippen LogP contribution in [0.15, 0.2) is 39.6 Å². The van der Waals surface area contributed by atoms with E-state index in [1.807, 2.05) is 30.3 Å². The van der Waals surface area contributed by atoms with Gasteiger partial charge in [0.15, 0.2) is 0 Å². The van der Waals surface area contributed by atoms with Gasteiger partial charge in [-0.2, -0.15) is 4.98 Å². The molecule has 0 aliphatic rings. The van der Waals surface area contributed by atoms with Crippen LogP contribution in [0.2, 0.25) is 0 Å². The van der Waals surface area contributed by atoms with Gasteiger partial charge in [-0.1, -0.05) is 35.5 Å². The number of carbonyl (C=O) groups is 1. The average molecular weight is 368 g/mol. The highest BCUT2D eigenvalue weighted by atomic mass is 16.5. The van der Waals surface area contributed by atoms with Crippen LogP contribution in [-0.2, 0) is 11.3 Å². The third kappa shape index (κ3) is 4.40. The van der Waals surface area contributed by atoms with Gasteiger partial charge < -0.3 is 15.6 Å². The second kappa shape index (κ2) is 8.59. The van der Waals surface area contributed by atoms with Crippen molar-refractivity contribution >= 4 is 17.0 Å². The SMILES string of the molecule is Cc1noc2nc([CH]CC(=O)NCCCN)n(Cc3ccccc3)c(=O)c12. The quantitative estimate of drug-likeness (QED) is 0.576. The van der Waals surface area contributed by atoms with Crippen LogP contribution in [0.3, 0.4) is 0 Å². The fourth-order valence-electron chi connectivity index (χ4n) is 2.74. The monoisotopic (exact) mass is 368 g/mol. The number of nitrogens with one attached hydrogen (secondary N) is 1. The van der Waals surface area contributed by atoms with Crippen LogP contribution in [0.1, 0.15) is 29.9 Å². The highest BCUT2D eigenvalue weighted by Gasteiger charge is 2.18. The van der Waals surface area contributed by atoms with Crippen LogP contribution in [0.5, 0.6) is 0 Å².